The molecular formula is C13H20ClNO. The number of hydrogen-bond acceptors (Lipinski definition) is 2. The fourth-order valence-electron chi connectivity index (χ4n) is 1.83. The first-order chi connectivity index (χ1) is 7.49. The lowest BCUT2D eigenvalue weighted by atomic mass is 9.89. The van der Waals surface area contributed by atoms with Gasteiger partial charge in [0, 0.05) is 5.02 Å². The van der Waals surface area contributed by atoms with E-state index in [9.17, 15) is 5.11 Å². The maximum absolute atomic E-state index is 10.1. The van der Waals surface area contributed by atoms with Crippen molar-refractivity contribution < 1.29 is 5.11 Å². The highest BCUT2D eigenvalue weighted by Crippen LogP contribution is 2.29. The molecule has 3 heteroatoms. The predicted octanol–water partition coefficient (Wildman–Crippen LogP) is 3.06. The summed E-state index contributed by atoms with van der Waals surface area (Å²) in [7, 11) is 0. The summed E-state index contributed by atoms with van der Waals surface area (Å²) in [6.45, 7) is 6.00. The van der Waals surface area contributed by atoms with Crippen molar-refractivity contribution in [2.45, 2.75) is 39.3 Å². The van der Waals surface area contributed by atoms with Crippen molar-refractivity contribution in [3.8, 4) is 0 Å². The molecule has 1 aromatic carbocycles. The highest BCUT2D eigenvalue weighted by atomic mass is 35.5. The van der Waals surface area contributed by atoms with E-state index in [1.54, 1.807) is 0 Å². The number of hydrogen-bond donors (Lipinski definition) is 2. The number of aliphatic hydroxyl groups excluding tert-OH is 1. The van der Waals surface area contributed by atoms with Crippen molar-refractivity contribution in [1.29, 1.82) is 0 Å². The standard InChI is InChI=1S/C13H20ClNO/c1-4-8(2)13(16)12(15)11-9(3)6-5-7-10(11)14/h5-8,12-13,16H,4,15H2,1-3H3/t8?,12-,13+/m0/s1. The minimum absolute atomic E-state index is 0.172. The topological polar surface area (TPSA) is 46.2 Å². The van der Waals surface area contributed by atoms with E-state index in [2.05, 4.69) is 0 Å². The number of benzene rings is 1. The van der Waals surface area contributed by atoms with E-state index in [-0.39, 0.29) is 5.92 Å². The Balaban J connectivity index is 3.00. The van der Waals surface area contributed by atoms with Gasteiger partial charge in [-0.1, -0.05) is 44.0 Å². The summed E-state index contributed by atoms with van der Waals surface area (Å²) in [6, 6.07) is 5.25. The maximum Gasteiger partial charge on any atom is 0.0758 e. The first-order valence-corrected chi connectivity index (χ1v) is 6.05. The van der Waals surface area contributed by atoms with E-state index in [4.69, 9.17) is 17.3 Å². The molecule has 2 nitrogen and oxygen atoms in total. The van der Waals surface area contributed by atoms with Gasteiger partial charge in [-0.2, -0.15) is 0 Å². The van der Waals surface area contributed by atoms with Crippen LogP contribution in [0.1, 0.15) is 37.4 Å². The van der Waals surface area contributed by atoms with Gasteiger partial charge in [-0.05, 0) is 30.0 Å². The van der Waals surface area contributed by atoms with Crippen LogP contribution < -0.4 is 5.73 Å². The summed E-state index contributed by atoms with van der Waals surface area (Å²) < 4.78 is 0. The number of halogens is 1. The van der Waals surface area contributed by atoms with Gasteiger partial charge in [-0.25, -0.2) is 0 Å². The Morgan fingerprint density at radius 3 is 2.56 bits per heavy atom. The minimum Gasteiger partial charge on any atom is -0.391 e. The molecule has 0 amide bonds. The molecule has 1 rings (SSSR count). The van der Waals surface area contributed by atoms with E-state index >= 15 is 0 Å². The molecule has 0 aliphatic heterocycles. The molecule has 0 heterocycles. The summed E-state index contributed by atoms with van der Waals surface area (Å²) in [4.78, 5) is 0. The second-order valence-electron chi connectivity index (χ2n) is 4.37. The summed E-state index contributed by atoms with van der Waals surface area (Å²) in [5.74, 6) is 0.172. The van der Waals surface area contributed by atoms with Crippen LogP contribution in [0.5, 0.6) is 0 Å². The Labute approximate surface area is 102 Å². The van der Waals surface area contributed by atoms with E-state index in [0.29, 0.717) is 5.02 Å². The van der Waals surface area contributed by atoms with Gasteiger partial charge < -0.3 is 10.8 Å². The van der Waals surface area contributed by atoms with E-state index in [1.807, 2.05) is 39.0 Å². The largest absolute Gasteiger partial charge is 0.391 e. The molecule has 0 bridgehead atoms. The summed E-state index contributed by atoms with van der Waals surface area (Å²) in [5.41, 5.74) is 7.97. The van der Waals surface area contributed by atoms with Gasteiger partial charge in [-0.15, -0.1) is 0 Å². The van der Waals surface area contributed by atoms with Crippen LogP contribution in [0.4, 0.5) is 0 Å². The average Bonchev–Trinajstić information content (AvgIpc) is 2.26. The van der Waals surface area contributed by atoms with E-state index in [1.165, 1.54) is 0 Å². The third kappa shape index (κ3) is 2.76. The summed E-state index contributed by atoms with van der Waals surface area (Å²) >= 11 is 6.13. The zero-order valence-electron chi connectivity index (χ0n) is 10.1. The Bertz CT molecular complexity index is 334. The van der Waals surface area contributed by atoms with E-state index < -0.39 is 12.1 Å². The van der Waals surface area contributed by atoms with Crippen LogP contribution in [0.2, 0.25) is 5.02 Å². The molecule has 0 saturated heterocycles. The van der Waals surface area contributed by atoms with Crippen molar-refractivity contribution in [1.82, 2.24) is 0 Å². The van der Waals surface area contributed by atoms with Gasteiger partial charge in [0.2, 0.25) is 0 Å². The molecule has 0 aliphatic carbocycles. The molecule has 0 radical (unpaired) electrons. The second kappa shape index (κ2) is 5.67. The first-order valence-electron chi connectivity index (χ1n) is 5.67. The average molecular weight is 242 g/mol. The number of rotatable bonds is 4. The molecule has 3 N–H and O–H groups in total. The molecule has 16 heavy (non-hydrogen) atoms. The minimum atomic E-state index is -0.552. The van der Waals surface area contributed by atoms with Gasteiger partial charge in [0.25, 0.3) is 0 Å². The molecule has 0 saturated carbocycles. The zero-order chi connectivity index (χ0) is 12.3. The fourth-order valence-corrected chi connectivity index (χ4v) is 2.18. The van der Waals surface area contributed by atoms with Crippen LogP contribution in [0.3, 0.4) is 0 Å². The van der Waals surface area contributed by atoms with Crippen molar-refractivity contribution in [3.05, 3.63) is 34.3 Å². The van der Waals surface area contributed by atoms with Crippen LogP contribution in [0.25, 0.3) is 0 Å². The molecular weight excluding hydrogens is 222 g/mol. The smallest absolute Gasteiger partial charge is 0.0758 e. The van der Waals surface area contributed by atoms with Crippen LogP contribution in [0.15, 0.2) is 18.2 Å². The molecule has 90 valence electrons. The predicted molar refractivity (Wildman–Crippen MR) is 68.6 cm³/mol. The van der Waals surface area contributed by atoms with Gasteiger partial charge in [-0.3, -0.25) is 0 Å². The Kier molecular flexibility index (Phi) is 4.78. The van der Waals surface area contributed by atoms with Crippen LogP contribution >= 0.6 is 11.6 Å². The van der Waals surface area contributed by atoms with Gasteiger partial charge in [0.05, 0.1) is 12.1 Å². The number of aliphatic hydroxyl groups is 1. The fraction of sp³-hybridized carbons (Fsp3) is 0.538. The lowest BCUT2D eigenvalue weighted by molar-refractivity contribution is 0.0878. The highest BCUT2D eigenvalue weighted by molar-refractivity contribution is 6.31. The van der Waals surface area contributed by atoms with Crippen LogP contribution in [0, 0.1) is 12.8 Å². The first kappa shape index (κ1) is 13.5. The third-order valence-electron chi connectivity index (χ3n) is 3.20. The molecule has 0 aliphatic rings. The Morgan fingerprint density at radius 1 is 1.44 bits per heavy atom. The lowest BCUT2D eigenvalue weighted by Crippen LogP contribution is -2.32. The van der Waals surface area contributed by atoms with Gasteiger partial charge in [0.15, 0.2) is 0 Å². The second-order valence-corrected chi connectivity index (χ2v) is 4.78. The van der Waals surface area contributed by atoms with E-state index in [0.717, 1.165) is 17.5 Å². The highest BCUT2D eigenvalue weighted by Gasteiger charge is 2.24. The van der Waals surface area contributed by atoms with Gasteiger partial charge >= 0.3 is 0 Å². The number of nitrogens with two attached hydrogens (primary N) is 1. The molecule has 1 unspecified atom stereocenters. The maximum atomic E-state index is 10.1. The van der Waals surface area contributed by atoms with Crippen LogP contribution in [-0.4, -0.2) is 11.2 Å². The Morgan fingerprint density at radius 2 is 2.06 bits per heavy atom. The van der Waals surface area contributed by atoms with Crippen molar-refractivity contribution >= 4 is 11.6 Å². The quantitative estimate of drug-likeness (QED) is 0.851. The monoisotopic (exact) mass is 241 g/mol. The molecule has 1 aromatic rings. The van der Waals surface area contributed by atoms with Crippen LogP contribution in [-0.2, 0) is 0 Å². The third-order valence-corrected chi connectivity index (χ3v) is 3.53. The normalized spacial score (nSPS) is 16.9. The number of aryl methyl sites for hydroxylation is 1. The van der Waals surface area contributed by atoms with Crippen molar-refractivity contribution in [2.75, 3.05) is 0 Å². The van der Waals surface area contributed by atoms with Crippen molar-refractivity contribution in [2.24, 2.45) is 11.7 Å². The zero-order valence-corrected chi connectivity index (χ0v) is 10.8. The summed E-state index contributed by atoms with van der Waals surface area (Å²) in [6.07, 6.45) is 0.349. The molecule has 0 fully saturated rings. The molecule has 0 aromatic heterocycles. The Hall–Kier alpha value is -0.570. The SMILES string of the molecule is CCC(C)[C@@H](O)[C@@H](N)c1c(C)cccc1Cl. The van der Waals surface area contributed by atoms with Crippen molar-refractivity contribution in [3.63, 3.8) is 0 Å². The van der Waals surface area contributed by atoms with Gasteiger partial charge in [0.1, 0.15) is 0 Å². The lowest BCUT2D eigenvalue weighted by Gasteiger charge is -2.26. The summed E-state index contributed by atoms with van der Waals surface area (Å²) in [5, 5.41) is 10.7. The molecule has 3 atom stereocenters. The molecule has 0 spiro atoms.